The van der Waals surface area contributed by atoms with E-state index in [4.69, 9.17) is 43.1 Å². The van der Waals surface area contributed by atoms with E-state index >= 15 is 0 Å². The van der Waals surface area contributed by atoms with E-state index in [1.54, 1.807) is 27.4 Å². The fraction of sp³-hybridized carbons (Fsp3) is 0.333. The van der Waals surface area contributed by atoms with Gasteiger partial charge in [-0.3, -0.25) is 0 Å². The van der Waals surface area contributed by atoms with Crippen LogP contribution in [0.15, 0.2) is 24.3 Å². The fourth-order valence-corrected chi connectivity index (χ4v) is 4.09. The van der Waals surface area contributed by atoms with Crippen LogP contribution in [-0.2, 0) is 6.42 Å². The van der Waals surface area contributed by atoms with Crippen molar-refractivity contribution in [2.45, 2.75) is 19.3 Å². The van der Waals surface area contributed by atoms with Gasteiger partial charge in [0, 0.05) is 21.5 Å². The number of unbranched alkanes of at least 4 members (excludes halogenated alkanes) is 1. The molecule has 1 aromatic heterocycles. The Kier molecular flexibility index (Phi) is 6.60. The molecule has 3 N–H and O–H groups in total. The number of aryl methyl sites for hydroxylation is 1. The van der Waals surface area contributed by atoms with Gasteiger partial charge in [-0.2, -0.15) is 0 Å². The number of aromatic nitrogens is 1. The maximum Gasteiger partial charge on any atom is 0.203 e. The molecular weight excluding hydrogens is 399 g/mol. The summed E-state index contributed by atoms with van der Waals surface area (Å²) in [6.45, 7) is 0.654. The quantitative estimate of drug-likeness (QED) is 0.473. The molecule has 0 fully saturated rings. The molecule has 3 rings (SSSR count). The summed E-state index contributed by atoms with van der Waals surface area (Å²) < 4.78 is 16.5. The highest BCUT2D eigenvalue weighted by Gasteiger charge is 2.20. The molecule has 0 bridgehead atoms. The Morgan fingerprint density at radius 3 is 2.18 bits per heavy atom. The number of aromatic amines is 1. The minimum atomic E-state index is 0.551. The number of fused-ring (bicyclic) bond motifs is 1. The smallest absolute Gasteiger partial charge is 0.203 e. The van der Waals surface area contributed by atoms with Gasteiger partial charge in [-0.25, -0.2) is 0 Å². The van der Waals surface area contributed by atoms with Crippen molar-refractivity contribution in [1.82, 2.24) is 4.98 Å². The predicted octanol–water partition coefficient (Wildman–Crippen LogP) is 5.45. The number of ether oxygens (including phenoxy) is 3. The molecule has 0 aliphatic heterocycles. The summed E-state index contributed by atoms with van der Waals surface area (Å²) in [7, 11) is 4.79. The van der Waals surface area contributed by atoms with Crippen LogP contribution in [0, 0.1) is 0 Å². The number of nitrogens with one attached hydrogen (secondary N) is 1. The lowest BCUT2D eigenvalue weighted by Gasteiger charge is -2.14. The standard InChI is InChI=1S/C21H24Cl2N2O3/c1-26-17-8-12(9-18(27-2)21(17)28-3)20-14(6-4-5-7-24)19-15(23)10-13(22)11-16(19)25-20/h8-11,25H,4-7,24H2,1-3H3. The predicted molar refractivity (Wildman–Crippen MR) is 115 cm³/mol. The van der Waals surface area contributed by atoms with E-state index in [1.807, 2.05) is 18.2 Å². The number of methoxy groups -OCH3 is 3. The van der Waals surface area contributed by atoms with Gasteiger partial charge in [0.2, 0.25) is 5.75 Å². The first-order valence-corrected chi connectivity index (χ1v) is 9.79. The third-order valence-corrected chi connectivity index (χ3v) is 5.27. The Bertz CT molecular complexity index is 960. The van der Waals surface area contributed by atoms with E-state index in [0.717, 1.165) is 47.0 Å². The summed E-state index contributed by atoms with van der Waals surface area (Å²) in [6.07, 6.45) is 2.73. The van der Waals surface area contributed by atoms with Crippen molar-refractivity contribution in [2.75, 3.05) is 27.9 Å². The maximum atomic E-state index is 6.55. The summed E-state index contributed by atoms with van der Waals surface area (Å²) in [4.78, 5) is 3.48. The Balaban J connectivity index is 2.24. The molecule has 0 saturated heterocycles. The summed E-state index contributed by atoms with van der Waals surface area (Å²) in [5.41, 5.74) is 9.58. The zero-order chi connectivity index (χ0) is 20.3. The van der Waals surface area contributed by atoms with Crippen molar-refractivity contribution in [2.24, 2.45) is 5.73 Å². The molecule has 0 aliphatic rings. The molecule has 0 aliphatic carbocycles. The van der Waals surface area contributed by atoms with E-state index in [2.05, 4.69) is 4.98 Å². The van der Waals surface area contributed by atoms with Crippen LogP contribution in [0.5, 0.6) is 17.2 Å². The molecule has 5 nitrogen and oxygen atoms in total. The first-order valence-electron chi connectivity index (χ1n) is 9.04. The van der Waals surface area contributed by atoms with Crippen molar-refractivity contribution >= 4 is 34.1 Å². The van der Waals surface area contributed by atoms with Crippen molar-refractivity contribution in [3.05, 3.63) is 39.9 Å². The van der Waals surface area contributed by atoms with Crippen molar-refractivity contribution in [3.8, 4) is 28.5 Å². The minimum absolute atomic E-state index is 0.551. The molecule has 0 saturated carbocycles. The summed E-state index contributed by atoms with van der Waals surface area (Å²) >= 11 is 12.8. The highest BCUT2D eigenvalue weighted by atomic mass is 35.5. The van der Waals surface area contributed by atoms with E-state index in [9.17, 15) is 0 Å². The first-order chi connectivity index (χ1) is 13.5. The molecule has 2 aromatic carbocycles. The molecule has 0 spiro atoms. The van der Waals surface area contributed by atoms with Crippen LogP contribution in [0.25, 0.3) is 22.2 Å². The number of halogens is 2. The van der Waals surface area contributed by atoms with E-state index in [0.29, 0.717) is 33.8 Å². The third kappa shape index (κ3) is 3.88. The number of H-pyrrole nitrogens is 1. The topological polar surface area (TPSA) is 69.5 Å². The van der Waals surface area contributed by atoms with Gasteiger partial charge in [-0.15, -0.1) is 0 Å². The molecule has 7 heteroatoms. The average molecular weight is 423 g/mol. The van der Waals surface area contributed by atoms with Gasteiger partial charge in [-0.1, -0.05) is 23.2 Å². The molecule has 0 radical (unpaired) electrons. The SMILES string of the molecule is COc1cc(-c2[nH]c3cc(Cl)cc(Cl)c3c2CCCCN)cc(OC)c1OC. The maximum absolute atomic E-state index is 6.55. The molecular formula is C21H24Cl2N2O3. The van der Waals surface area contributed by atoms with Gasteiger partial charge >= 0.3 is 0 Å². The van der Waals surface area contributed by atoms with Crippen LogP contribution in [0.3, 0.4) is 0 Å². The Morgan fingerprint density at radius 2 is 1.61 bits per heavy atom. The summed E-state index contributed by atoms with van der Waals surface area (Å²) in [6, 6.07) is 7.50. The minimum Gasteiger partial charge on any atom is -0.493 e. The molecule has 150 valence electrons. The molecule has 0 amide bonds. The van der Waals surface area contributed by atoms with Crippen molar-refractivity contribution in [3.63, 3.8) is 0 Å². The van der Waals surface area contributed by atoms with Gasteiger partial charge in [0.05, 0.1) is 32.0 Å². The normalized spacial score (nSPS) is 11.1. The van der Waals surface area contributed by atoms with Crippen LogP contribution < -0.4 is 19.9 Å². The average Bonchev–Trinajstić information content (AvgIpc) is 3.05. The summed E-state index contributed by atoms with van der Waals surface area (Å²) in [5, 5.41) is 2.19. The van der Waals surface area contributed by atoms with Gasteiger partial charge in [0.15, 0.2) is 11.5 Å². The number of hydrogen-bond donors (Lipinski definition) is 2. The number of nitrogens with two attached hydrogens (primary N) is 1. The Hall–Kier alpha value is -2.08. The number of rotatable bonds is 8. The highest BCUT2D eigenvalue weighted by Crippen LogP contribution is 2.44. The second kappa shape index (κ2) is 8.95. The van der Waals surface area contributed by atoms with Crippen molar-refractivity contribution < 1.29 is 14.2 Å². The Labute approximate surface area is 174 Å². The first kappa shape index (κ1) is 20.6. The van der Waals surface area contributed by atoms with Crippen LogP contribution in [0.2, 0.25) is 10.0 Å². The second-order valence-electron chi connectivity index (χ2n) is 6.45. The zero-order valence-corrected chi connectivity index (χ0v) is 17.7. The third-order valence-electron chi connectivity index (χ3n) is 4.75. The summed E-state index contributed by atoms with van der Waals surface area (Å²) in [5.74, 6) is 1.73. The number of hydrogen-bond acceptors (Lipinski definition) is 4. The molecule has 1 heterocycles. The van der Waals surface area contributed by atoms with Crippen LogP contribution in [0.4, 0.5) is 0 Å². The van der Waals surface area contributed by atoms with Crippen LogP contribution in [-0.4, -0.2) is 32.9 Å². The Morgan fingerprint density at radius 1 is 0.929 bits per heavy atom. The molecule has 3 aromatic rings. The van der Waals surface area contributed by atoms with Gasteiger partial charge in [0.1, 0.15) is 0 Å². The highest BCUT2D eigenvalue weighted by molar-refractivity contribution is 6.39. The van der Waals surface area contributed by atoms with Gasteiger partial charge in [-0.05, 0) is 55.6 Å². The molecule has 0 atom stereocenters. The van der Waals surface area contributed by atoms with Crippen LogP contribution >= 0.6 is 23.2 Å². The van der Waals surface area contributed by atoms with Gasteiger partial charge < -0.3 is 24.9 Å². The van der Waals surface area contributed by atoms with E-state index in [1.165, 1.54) is 0 Å². The largest absolute Gasteiger partial charge is 0.493 e. The van der Waals surface area contributed by atoms with Gasteiger partial charge in [0.25, 0.3) is 0 Å². The lowest BCUT2D eigenvalue weighted by molar-refractivity contribution is 0.324. The molecule has 0 unspecified atom stereocenters. The van der Waals surface area contributed by atoms with Crippen LogP contribution in [0.1, 0.15) is 18.4 Å². The van der Waals surface area contributed by atoms with E-state index in [-0.39, 0.29) is 0 Å². The molecule has 28 heavy (non-hydrogen) atoms. The second-order valence-corrected chi connectivity index (χ2v) is 7.29. The lowest BCUT2D eigenvalue weighted by atomic mass is 9.99. The lowest BCUT2D eigenvalue weighted by Crippen LogP contribution is -2.00. The number of benzene rings is 2. The van der Waals surface area contributed by atoms with E-state index < -0.39 is 0 Å². The van der Waals surface area contributed by atoms with Crippen molar-refractivity contribution in [1.29, 1.82) is 0 Å². The monoisotopic (exact) mass is 422 g/mol. The fourth-order valence-electron chi connectivity index (χ4n) is 3.48. The zero-order valence-electron chi connectivity index (χ0n) is 16.2.